The molecule has 2 N–H and O–H groups in total. The summed E-state index contributed by atoms with van der Waals surface area (Å²) in [5, 5.41) is 7.49. The quantitative estimate of drug-likeness (QED) is 0.367. The van der Waals surface area contributed by atoms with Crippen LogP contribution in [0.2, 0.25) is 0 Å². The summed E-state index contributed by atoms with van der Waals surface area (Å²) < 4.78 is 37.0. The van der Waals surface area contributed by atoms with Crippen LogP contribution in [0.15, 0.2) is 54.9 Å². The predicted molar refractivity (Wildman–Crippen MR) is 153 cm³/mol. The third-order valence-corrected chi connectivity index (χ3v) is 7.49. The number of nitrogens with one attached hydrogen (secondary N) is 2. The van der Waals surface area contributed by atoms with Crippen molar-refractivity contribution in [2.75, 3.05) is 44.7 Å². The van der Waals surface area contributed by atoms with Crippen LogP contribution in [0.25, 0.3) is 16.7 Å². The third-order valence-electron chi connectivity index (χ3n) is 7.49. The molecule has 0 radical (unpaired) electrons. The fourth-order valence-electron chi connectivity index (χ4n) is 5.66. The Morgan fingerprint density at radius 2 is 1.73 bits per heavy atom. The minimum absolute atomic E-state index is 0.221. The van der Waals surface area contributed by atoms with Gasteiger partial charge in [-0.3, -0.25) is 9.69 Å². The Kier molecular flexibility index (Phi) is 7.65. The van der Waals surface area contributed by atoms with Crippen molar-refractivity contribution in [3.05, 3.63) is 77.6 Å². The number of hydrogen-bond acceptors (Lipinski definition) is 7. The molecule has 214 valence electrons. The molecule has 2 aromatic heterocycles. The first-order valence-corrected chi connectivity index (χ1v) is 13.9. The molecule has 11 heteroatoms. The lowest BCUT2D eigenvalue weighted by Gasteiger charge is -2.36. The number of halogens is 2. The maximum atomic E-state index is 15.1. The van der Waals surface area contributed by atoms with Gasteiger partial charge in [0.25, 0.3) is 5.91 Å². The van der Waals surface area contributed by atoms with Crippen LogP contribution in [0.1, 0.15) is 29.8 Å². The molecule has 0 aliphatic carbocycles. The number of carbonyl (C=O) groups is 1. The largest absolute Gasteiger partial charge is 0.378 e. The molecular weight excluding hydrogens is 528 g/mol. The first kappa shape index (κ1) is 27.3. The van der Waals surface area contributed by atoms with Gasteiger partial charge in [-0.1, -0.05) is 12.1 Å². The number of aromatic nitrogens is 3. The number of ether oxygens (including phenoxy) is 1. The second kappa shape index (κ2) is 11.5. The van der Waals surface area contributed by atoms with Crippen molar-refractivity contribution in [3.8, 4) is 5.69 Å². The molecule has 0 unspecified atom stereocenters. The fraction of sp³-hybridized carbons (Fsp3) is 0.367. The first-order chi connectivity index (χ1) is 19.8. The molecular formula is C30H33F2N7O2. The summed E-state index contributed by atoms with van der Waals surface area (Å²) in [6.07, 6.45) is 3.33. The van der Waals surface area contributed by atoms with Gasteiger partial charge in [-0.25, -0.2) is 13.8 Å². The number of carbonyl (C=O) groups excluding carboxylic acids is 1. The predicted octanol–water partition coefficient (Wildman–Crippen LogP) is 4.10. The van der Waals surface area contributed by atoms with Gasteiger partial charge in [0, 0.05) is 68.3 Å². The molecule has 6 rings (SSSR count). The number of fused-ring (bicyclic) bond motifs is 1. The van der Waals surface area contributed by atoms with E-state index in [1.807, 2.05) is 12.1 Å². The summed E-state index contributed by atoms with van der Waals surface area (Å²) in [4.78, 5) is 25.7. The summed E-state index contributed by atoms with van der Waals surface area (Å²) in [5.74, 6) is -2.16. The summed E-state index contributed by atoms with van der Waals surface area (Å²) in [7, 11) is 0. The van der Waals surface area contributed by atoms with E-state index >= 15 is 8.78 Å². The zero-order valence-corrected chi connectivity index (χ0v) is 23.1. The van der Waals surface area contributed by atoms with Crippen molar-refractivity contribution in [2.45, 2.75) is 32.5 Å². The number of amides is 1. The Morgan fingerprint density at radius 3 is 2.41 bits per heavy atom. The molecule has 1 amide bonds. The van der Waals surface area contributed by atoms with Gasteiger partial charge in [0.05, 0.1) is 18.9 Å². The number of nitrogens with zero attached hydrogens (tertiary/aromatic N) is 5. The van der Waals surface area contributed by atoms with Gasteiger partial charge in [0.1, 0.15) is 22.8 Å². The fourth-order valence-corrected chi connectivity index (χ4v) is 5.66. The highest BCUT2D eigenvalue weighted by atomic mass is 19.1. The van der Waals surface area contributed by atoms with Crippen molar-refractivity contribution in [3.63, 3.8) is 0 Å². The zero-order chi connectivity index (χ0) is 28.5. The van der Waals surface area contributed by atoms with E-state index in [-0.39, 0.29) is 5.69 Å². The average Bonchev–Trinajstić information content (AvgIpc) is 3.37. The maximum absolute atomic E-state index is 15.1. The lowest BCUT2D eigenvalue weighted by Crippen LogP contribution is -2.53. The van der Waals surface area contributed by atoms with E-state index in [0.29, 0.717) is 55.4 Å². The Labute approximate surface area is 237 Å². The second-order valence-corrected chi connectivity index (χ2v) is 10.8. The summed E-state index contributed by atoms with van der Waals surface area (Å²) in [6, 6.07) is 13.2. The normalized spacial score (nSPS) is 20.0. The van der Waals surface area contributed by atoms with Gasteiger partial charge in [0.2, 0.25) is 5.95 Å². The molecule has 2 aromatic carbocycles. The number of hydrogen-bond donors (Lipinski definition) is 2. The van der Waals surface area contributed by atoms with Crippen LogP contribution in [0.3, 0.4) is 0 Å². The number of morpholine rings is 1. The molecule has 41 heavy (non-hydrogen) atoms. The van der Waals surface area contributed by atoms with Crippen LogP contribution < -0.4 is 10.6 Å². The number of benzene rings is 2. The van der Waals surface area contributed by atoms with Crippen molar-refractivity contribution in [1.29, 1.82) is 0 Å². The monoisotopic (exact) mass is 561 g/mol. The zero-order valence-electron chi connectivity index (χ0n) is 23.1. The molecule has 2 aliphatic heterocycles. The van der Waals surface area contributed by atoms with Crippen LogP contribution in [0.5, 0.6) is 0 Å². The third kappa shape index (κ3) is 5.92. The van der Waals surface area contributed by atoms with Crippen molar-refractivity contribution in [1.82, 2.24) is 29.7 Å². The van der Waals surface area contributed by atoms with E-state index < -0.39 is 23.1 Å². The van der Waals surface area contributed by atoms with Gasteiger partial charge in [-0.15, -0.1) is 0 Å². The highest BCUT2D eigenvalue weighted by Gasteiger charge is 2.26. The topological polar surface area (TPSA) is 87.6 Å². The first-order valence-electron chi connectivity index (χ1n) is 13.9. The van der Waals surface area contributed by atoms with Crippen LogP contribution in [-0.4, -0.2) is 81.7 Å². The lowest BCUT2D eigenvalue weighted by molar-refractivity contribution is 0.0296. The van der Waals surface area contributed by atoms with E-state index in [1.165, 1.54) is 10.5 Å². The van der Waals surface area contributed by atoms with Crippen molar-refractivity contribution < 1.29 is 18.3 Å². The van der Waals surface area contributed by atoms with Crippen LogP contribution >= 0.6 is 0 Å². The van der Waals surface area contributed by atoms with Crippen LogP contribution in [0, 0.1) is 11.6 Å². The molecule has 4 heterocycles. The van der Waals surface area contributed by atoms with Gasteiger partial charge < -0.3 is 24.8 Å². The maximum Gasteiger partial charge on any atom is 0.259 e. The van der Waals surface area contributed by atoms with E-state index in [1.54, 1.807) is 23.0 Å². The van der Waals surface area contributed by atoms with Crippen LogP contribution in [0.4, 0.5) is 20.4 Å². The average molecular weight is 562 g/mol. The molecule has 0 saturated carbocycles. The molecule has 0 spiro atoms. The molecule has 4 aromatic rings. The molecule has 9 nitrogen and oxygen atoms in total. The molecule has 2 fully saturated rings. The Balaban J connectivity index is 1.19. The Bertz CT molecular complexity index is 1520. The van der Waals surface area contributed by atoms with Crippen molar-refractivity contribution >= 4 is 28.6 Å². The summed E-state index contributed by atoms with van der Waals surface area (Å²) >= 11 is 0. The van der Waals surface area contributed by atoms with E-state index in [9.17, 15) is 4.79 Å². The number of piperazine rings is 1. The highest BCUT2D eigenvalue weighted by molar-refractivity contribution is 5.95. The van der Waals surface area contributed by atoms with Gasteiger partial charge in [-0.05, 0) is 49.7 Å². The smallest absolute Gasteiger partial charge is 0.259 e. The lowest BCUT2D eigenvalue weighted by atomic mass is 10.1. The molecule has 2 atom stereocenters. The highest BCUT2D eigenvalue weighted by Crippen LogP contribution is 2.25. The molecule has 2 saturated heterocycles. The number of rotatable bonds is 6. The van der Waals surface area contributed by atoms with Gasteiger partial charge in [-0.2, -0.15) is 4.98 Å². The summed E-state index contributed by atoms with van der Waals surface area (Å²) in [5.41, 5.74) is 2.19. The van der Waals surface area contributed by atoms with Crippen LogP contribution in [-0.2, 0) is 11.3 Å². The molecule has 0 bridgehead atoms. The SMILES string of the molecule is C[C@@H]1CN(Cc2ccc(Nc3ncc4ccn(-c5cc(F)c(C(=O)N6CCOCC6)c(F)c5)c4n3)cc2)C[C@H](C)N1. The minimum atomic E-state index is -0.921. The van der Waals surface area contributed by atoms with E-state index in [4.69, 9.17) is 4.74 Å². The Hall–Kier alpha value is -3.93. The van der Waals surface area contributed by atoms with E-state index in [2.05, 4.69) is 51.5 Å². The number of anilines is 2. The minimum Gasteiger partial charge on any atom is -0.378 e. The second-order valence-electron chi connectivity index (χ2n) is 10.8. The summed E-state index contributed by atoms with van der Waals surface area (Å²) in [6.45, 7) is 8.61. The van der Waals surface area contributed by atoms with E-state index in [0.717, 1.165) is 37.5 Å². The van der Waals surface area contributed by atoms with Crippen molar-refractivity contribution in [2.24, 2.45) is 0 Å². The standard InChI is InChI=1S/C30H33F2N7O2/c1-19-16-37(17-20(2)34-19)18-21-3-5-23(6-4-21)35-30-33-15-22-7-8-39(28(22)36-30)24-13-25(31)27(26(32)14-24)29(40)38-9-11-41-12-10-38/h3-8,13-15,19-20,34H,9-12,16-18H2,1-2H3,(H,33,35,36)/t19-,20+. The van der Waals surface area contributed by atoms with Gasteiger partial charge >= 0.3 is 0 Å². The van der Waals surface area contributed by atoms with Gasteiger partial charge in [0.15, 0.2) is 0 Å². The molecule has 2 aliphatic rings. The Morgan fingerprint density at radius 1 is 1.05 bits per heavy atom.